The highest BCUT2D eigenvalue weighted by atomic mass is 16.6. The van der Waals surface area contributed by atoms with Gasteiger partial charge in [-0.25, -0.2) is 15.0 Å². The van der Waals surface area contributed by atoms with Crippen molar-refractivity contribution in [3.8, 4) is 0 Å². The number of nitrogens with zero attached hydrogens (tertiary/aromatic N) is 4. The van der Waals surface area contributed by atoms with Crippen molar-refractivity contribution in [1.29, 1.82) is 0 Å². The number of fused-ring (bicyclic) bond motifs is 1. The first-order chi connectivity index (χ1) is 14.5. The van der Waals surface area contributed by atoms with E-state index in [0.717, 1.165) is 18.7 Å². The zero-order valence-electron chi connectivity index (χ0n) is 17.2. The molecule has 3 unspecified atom stereocenters. The van der Waals surface area contributed by atoms with Crippen LogP contribution in [0, 0.1) is 0 Å². The predicted molar refractivity (Wildman–Crippen MR) is 107 cm³/mol. The Labute approximate surface area is 174 Å². The summed E-state index contributed by atoms with van der Waals surface area (Å²) >= 11 is 0. The van der Waals surface area contributed by atoms with Gasteiger partial charge >= 0.3 is 11.9 Å². The lowest BCUT2D eigenvalue weighted by Gasteiger charge is -2.23. The van der Waals surface area contributed by atoms with Gasteiger partial charge in [-0.1, -0.05) is 19.3 Å². The van der Waals surface area contributed by atoms with Crippen LogP contribution in [0.3, 0.4) is 0 Å². The van der Waals surface area contributed by atoms with Crippen molar-refractivity contribution in [2.75, 3.05) is 11.9 Å². The number of hydrogen-bond donors (Lipinski definition) is 1. The Morgan fingerprint density at radius 2 is 1.97 bits per heavy atom. The second kappa shape index (κ2) is 8.95. The van der Waals surface area contributed by atoms with Gasteiger partial charge in [-0.15, -0.1) is 0 Å². The van der Waals surface area contributed by atoms with Gasteiger partial charge in [0.25, 0.3) is 0 Å². The van der Waals surface area contributed by atoms with E-state index in [2.05, 4.69) is 20.3 Å². The average molecular weight is 417 g/mol. The molecule has 0 bridgehead atoms. The van der Waals surface area contributed by atoms with Crippen molar-refractivity contribution in [3.63, 3.8) is 0 Å². The molecule has 4 rings (SSSR count). The Balaban J connectivity index is 1.54. The van der Waals surface area contributed by atoms with Gasteiger partial charge in [-0.05, 0) is 12.8 Å². The first-order valence-electron chi connectivity index (χ1n) is 10.4. The maximum Gasteiger partial charge on any atom is 0.303 e. The number of carbonyl (C=O) groups is 2. The Hall–Kier alpha value is -2.75. The zero-order valence-corrected chi connectivity index (χ0v) is 17.2. The predicted octanol–water partition coefficient (Wildman–Crippen LogP) is 2.35. The molecule has 0 amide bonds. The molecule has 10 nitrogen and oxygen atoms in total. The van der Waals surface area contributed by atoms with Crippen LogP contribution in [0.1, 0.15) is 58.6 Å². The molecule has 0 radical (unpaired) electrons. The van der Waals surface area contributed by atoms with E-state index in [1.54, 1.807) is 6.33 Å². The number of ether oxygens (including phenoxy) is 3. The van der Waals surface area contributed by atoms with Crippen molar-refractivity contribution >= 4 is 28.9 Å². The summed E-state index contributed by atoms with van der Waals surface area (Å²) in [5.41, 5.74) is 1.32. The molecule has 1 saturated carbocycles. The van der Waals surface area contributed by atoms with Crippen molar-refractivity contribution in [1.82, 2.24) is 19.5 Å². The van der Waals surface area contributed by atoms with E-state index in [-0.39, 0.29) is 6.61 Å². The largest absolute Gasteiger partial charge is 0.463 e. The van der Waals surface area contributed by atoms with Gasteiger partial charge in [-0.2, -0.15) is 0 Å². The van der Waals surface area contributed by atoms with Crippen LogP contribution in [-0.2, 0) is 23.8 Å². The zero-order chi connectivity index (χ0) is 21.1. The molecule has 10 heteroatoms. The minimum absolute atomic E-state index is 0.0138. The van der Waals surface area contributed by atoms with Crippen LogP contribution in [0.25, 0.3) is 11.2 Å². The minimum Gasteiger partial charge on any atom is -0.463 e. The summed E-state index contributed by atoms with van der Waals surface area (Å²) in [6.07, 6.45) is 8.03. The van der Waals surface area contributed by atoms with Crippen molar-refractivity contribution < 1.29 is 23.8 Å². The molecular weight excluding hydrogens is 390 g/mol. The van der Waals surface area contributed by atoms with Crippen LogP contribution in [-0.4, -0.2) is 56.3 Å². The summed E-state index contributed by atoms with van der Waals surface area (Å²) in [4.78, 5) is 36.0. The van der Waals surface area contributed by atoms with Gasteiger partial charge in [0.2, 0.25) is 0 Å². The monoisotopic (exact) mass is 417 g/mol. The third-order valence-corrected chi connectivity index (χ3v) is 5.56. The van der Waals surface area contributed by atoms with Crippen molar-refractivity contribution in [2.24, 2.45) is 0 Å². The van der Waals surface area contributed by atoms with Crippen molar-refractivity contribution in [2.45, 2.75) is 76.9 Å². The van der Waals surface area contributed by atoms with Crippen LogP contribution < -0.4 is 5.32 Å². The number of carbonyl (C=O) groups excluding carboxylic acids is 2. The molecular formula is C20H27N5O5. The van der Waals surface area contributed by atoms with Gasteiger partial charge in [-0.3, -0.25) is 14.2 Å². The average Bonchev–Trinajstić information content (AvgIpc) is 3.31. The fourth-order valence-corrected chi connectivity index (χ4v) is 4.17. The van der Waals surface area contributed by atoms with Crippen molar-refractivity contribution in [3.05, 3.63) is 12.7 Å². The maximum atomic E-state index is 11.5. The molecule has 30 heavy (non-hydrogen) atoms. The topological polar surface area (TPSA) is 117 Å². The second-order valence-electron chi connectivity index (χ2n) is 7.84. The number of imidazole rings is 1. The van der Waals surface area contributed by atoms with Gasteiger partial charge in [0, 0.05) is 26.3 Å². The highest BCUT2D eigenvalue weighted by Gasteiger charge is 2.40. The second-order valence-corrected chi connectivity index (χ2v) is 7.84. The normalized spacial score (nSPS) is 24.7. The lowest BCUT2D eigenvalue weighted by Crippen LogP contribution is -2.31. The number of anilines is 1. The van der Waals surface area contributed by atoms with Crippen LogP contribution in [0.4, 0.5) is 5.82 Å². The Morgan fingerprint density at radius 1 is 1.17 bits per heavy atom. The first kappa shape index (κ1) is 20.5. The molecule has 2 aromatic rings. The quantitative estimate of drug-likeness (QED) is 0.707. The smallest absolute Gasteiger partial charge is 0.303 e. The SMILES string of the molecule is CC(=O)OCC1OC(n2cnc3c(NC4CCCCC4)ncnc32)CC1OC(C)=O. The summed E-state index contributed by atoms with van der Waals surface area (Å²) in [7, 11) is 0. The minimum atomic E-state index is -0.554. The maximum absolute atomic E-state index is 11.5. The highest BCUT2D eigenvalue weighted by Crippen LogP contribution is 2.34. The molecule has 162 valence electrons. The van der Waals surface area contributed by atoms with E-state index in [9.17, 15) is 9.59 Å². The summed E-state index contributed by atoms with van der Waals surface area (Å²) in [5.74, 6) is -0.103. The third-order valence-electron chi connectivity index (χ3n) is 5.56. The lowest BCUT2D eigenvalue weighted by atomic mass is 9.95. The van der Waals surface area contributed by atoms with E-state index in [1.807, 2.05) is 4.57 Å². The third kappa shape index (κ3) is 4.53. The Morgan fingerprint density at radius 3 is 2.70 bits per heavy atom. The molecule has 0 aromatic carbocycles. The summed E-state index contributed by atoms with van der Waals surface area (Å²) in [5, 5.41) is 3.51. The molecule has 2 aromatic heterocycles. The molecule has 0 spiro atoms. The fraction of sp³-hybridized carbons (Fsp3) is 0.650. The standard InChI is InChI=1S/C20H27N5O5/c1-12(26)28-9-16-15(29-13(2)27)8-17(30-16)25-11-23-18-19(21-10-22-20(18)25)24-14-6-4-3-5-7-14/h10-11,14-17H,3-9H2,1-2H3,(H,21,22,24). The lowest BCUT2D eigenvalue weighted by molar-refractivity contribution is -0.155. The highest BCUT2D eigenvalue weighted by molar-refractivity contribution is 5.82. The van der Waals surface area contributed by atoms with Gasteiger partial charge in [0.15, 0.2) is 17.0 Å². The number of nitrogens with one attached hydrogen (secondary N) is 1. The van der Waals surface area contributed by atoms with Crippen LogP contribution in [0.5, 0.6) is 0 Å². The molecule has 1 aliphatic carbocycles. The van der Waals surface area contributed by atoms with E-state index in [0.29, 0.717) is 23.6 Å². The molecule has 1 aliphatic heterocycles. The number of hydrogen-bond acceptors (Lipinski definition) is 9. The van der Waals surface area contributed by atoms with E-state index in [1.165, 1.54) is 39.4 Å². The molecule has 2 fully saturated rings. The fourth-order valence-electron chi connectivity index (χ4n) is 4.17. The molecule has 3 atom stereocenters. The van der Waals surface area contributed by atoms with Gasteiger partial charge < -0.3 is 19.5 Å². The molecule has 1 saturated heterocycles. The summed E-state index contributed by atoms with van der Waals surface area (Å²) < 4.78 is 18.3. The molecule has 3 heterocycles. The molecule has 2 aliphatic rings. The Kier molecular flexibility index (Phi) is 6.12. The van der Waals surface area contributed by atoms with Gasteiger partial charge in [0.05, 0.1) is 6.33 Å². The van der Waals surface area contributed by atoms with E-state index >= 15 is 0 Å². The first-order valence-corrected chi connectivity index (χ1v) is 10.4. The molecule has 1 N–H and O–H groups in total. The van der Waals surface area contributed by atoms with Crippen LogP contribution in [0.2, 0.25) is 0 Å². The van der Waals surface area contributed by atoms with E-state index < -0.39 is 30.4 Å². The number of rotatable bonds is 6. The number of esters is 2. The summed E-state index contributed by atoms with van der Waals surface area (Å²) in [6.45, 7) is 2.69. The van der Waals surface area contributed by atoms with Gasteiger partial charge in [0.1, 0.15) is 31.4 Å². The van der Waals surface area contributed by atoms with Crippen LogP contribution in [0.15, 0.2) is 12.7 Å². The summed E-state index contributed by atoms with van der Waals surface area (Å²) in [6, 6.07) is 0.395. The van der Waals surface area contributed by atoms with E-state index in [4.69, 9.17) is 14.2 Å². The number of aromatic nitrogens is 4. The Bertz CT molecular complexity index is 910. The van der Waals surface area contributed by atoms with Crippen LogP contribution >= 0.6 is 0 Å².